The minimum absolute atomic E-state index is 0.138. The molecule has 0 heterocycles. The number of halogens is 2. The molecule has 134 valence electrons. The van der Waals surface area contributed by atoms with Crippen molar-refractivity contribution in [3.05, 3.63) is 70.8 Å². The van der Waals surface area contributed by atoms with Gasteiger partial charge in [0.15, 0.2) is 0 Å². The van der Waals surface area contributed by atoms with Gasteiger partial charge in [0.1, 0.15) is 18.2 Å². The van der Waals surface area contributed by atoms with E-state index in [0.29, 0.717) is 6.07 Å². The van der Waals surface area contributed by atoms with Crippen molar-refractivity contribution in [1.82, 2.24) is 5.32 Å². The first-order chi connectivity index (χ1) is 12.5. The van der Waals surface area contributed by atoms with E-state index in [-0.39, 0.29) is 25.1 Å². The van der Waals surface area contributed by atoms with Gasteiger partial charge in [-0.05, 0) is 17.7 Å². The molecule has 26 heavy (non-hydrogen) atoms. The average molecular weight is 359 g/mol. The van der Waals surface area contributed by atoms with Crippen LogP contribution in [-0.4, -0.2) is 23.7 Å². The zero-order chi connectivity index (χ0) is 18.9. The van der Waals surface area contributed by atoms with Crippen molar-refractivity contribution in [2.24, 2.45) is 0 Å². The number of hydrogen-bond donors (Lipinski definition) is 2. The predicted octanol–water partition coefficient (Wildman–Crippen LogP) is 3.33. The van der Waals surface area contributed by atoms with E-state index >= 15 is 0 Å². The Morgan fingerprint density at radius 1 is 1.12 bits per heavy atom. The normalized spacial score (nSPS) is 9.77. The number of hydrogen-bond acceptors (Lipinski definition) is 3. The molecule has 0 bridgehead atoms. The van der Waals surface area contributed by atoms with Gasteiger partial charge >= 0.3 is 12.1 Å². The summed E-state index contributed by atoms with van der Waals surface area (Å²) in [6.45, 7) is 0.302. The van der Waals surface area contributed by atoms with Crippen molar-refractivity contribution >= 4 is 12.1 Å². The molecular weight excluding hydrogens is 344 g/mol. The molecule has 0 aromatic heterocycles. The van der Waals surface area contributed by atoms with Gasteiger partial charge in [0.2, 0.25) is 0 Å². The van der Waals surface area contributed by atoms with E-state index in [4.69, 9.17) is 9.84 Å². The Hall–Kier alpha value is -3.40. The van der Waals surface area contributed by atoms with Gasteiger partial charge in [-0.3, -0.25) is 0 Å². The molecule has 0 aliphatic carbocycles. The van der Waals surface area contributed by atoms with Crippen LogP contribution in [0.15, 0.2) is 42.5 Å². The maximum absolute atomic E-state index is 13.7. The number of ether oxygens (including phenoxy) is 1. The van der Waals surface area contributed by atoms with Gasteiger partial charge in [-0.2, -0.15) is 0 Å². The lowest BCUT2D eigenvalue weighted by atomic mass is 10.1. The second-order valence-corrected chi connectivity index (χ2v) is 5.16. The first-order valence-corrected chi connectivity index (χ1v) is 7.63. The number of carboxylic acids is 1. The summed E-state index contributed by atoms with van der Waals surface area (Å²) in [6.07, 6.45) is -0.430. The average Bonchev–Trinajstić information content (AvgIpc) is 2.62. The zero-order valence-electron chi connectivity index (χ0n) is 13.6. The number of alkyl carbamates (subject to hydrolysis) is 1. The van der Waals surface area contributed by atoms with Crippen LogP contribution in [0.25, 0.3) is 0 Å². The molecule has 0 atom stereocenters. The topological polar surface area (TPSA) is 75.6 Å². The highest BCUT2D eigenvalue weighted by Gasteiger charge is 2.14. The fourth-order valence-electron chi connectivity index (χ4n) is 1.97. The number of carbonyl (C=O) groups is 2. The highest BCUT2D eigenvalue weighted by atomic mass is 19.1. The van der Waals surface area contributed by atoms with Gasteiger partial charge < -0.3 is 15.2 Å². The molecule has 0 aliphatic rings. The molecular formula is C19H15F2NO4. The molecule has 0 radical (unpaired) electrons. The van der Waals surface area contributed by atoms with E-state index in [1.165, 1.54) is 0 Å². The number of rotatable bonds is 5. The quantitative estimate of drug-likeness (QED) is 0.634. The summed E-state index contributed by atoms with van der Waals surface area (Å²) in [7, 11) is 0. The monoisotopic (exact) mass is 359 g/mol. The lowest BCUT2D eigenvalue weighted by Gasteiger charge is -2.05. The number of amides is 1. The van der Waals surface area contributed by atoms with Crippen LogP contribution < -0.4 is 5.32 Å². The molecule has 2 aromatic carbocycles. The third kappa shape index (κ3) is 5.60. The van der Waals surface area contributed by atoms with Crippen LogP contribution in [0.5, 0.6) is 0 Å². The summed E-state index contributed by atoms with van der Waals surface area (Å²) in [5.74, 6) is 1.43. The summed E-state index contributed by atoms with van der Waals surface area (Å²) in [5.41, 5.74) is -0.153. The van der Waals surface area contributed by atoms with Gasteiger partial charge in [0, 0.05) is 13.0 Å². The summed E-state index contributed by atoms with van der Waals surface area (Å²) >= 11 is 0. The van der Waals surface area contributed by atoms with Crippen molar-refractivity contribution < 1.29 is 28.2 Å². The number of benzene rings is 2. The van der Waals surface area contributed by atoms with E-state index in [0.717, 1.165) is 11.6 Å². The Balaban J connectivity index is 1.79. The van der Waals surface area contributed by atoms with Gasteiger partial charge in [-0.15, -0.1) is 0 Å². The molecule has 0 unspecified atom stereocenters. The molecule has 5 nitrogen and oxygen atoms in total. The highest BCUT2D eigenvalue weighted by Crippen LogP contribution is 2.14. The molecule has 0 aliphatic heterocycles. The fourth-order valence-corrected chi connectivity index (χ4v) is 1.97. The van der Waals surface area contributed by atoms with Crippen LogP contribution in [0, 0.1) is 23.5 Å². The van der Waals surface area contributed by atoms with Crippen LogP contribution in [0.2, 0.25) is 0 Å². The molecule has 1 amide bonds. The fraction of sp³-hybridized carbons (Fsp3) is 0.158. The molecule has 0 saturated heterocycles. The first-order valence-electron chi connectivity index (χ1n) is 7.63. The summed E-state index contributed by atoms with van der Waals surface area (Å²) in [6, 6.07) is 10.5. The lowest BCUT2D eigenvalue weighted by molar-refractivity contribution is 0.0691. The summed E-state index contributed by atoms with van der Waals surface area (Å²) in [4.78, 5) is 22.2. The second-order valence-electron chi connectivity index (χ2n) is 5.16. The van der Waals surface area contributed by atoms with Gasteiger partial charge in [-0.25, -0.2) is 18.4 Å². The van der Waals surface area contributed by atoms with Crippen LogP contribution in [0.3, 0.4) is 0 Å². The Morgan fingerprint density at radius 3 is 2.54 bits per heavy atom. The number of carbonyl (C=O) groups excluding carboxylic acids is 1. The SMILES string of the molecule is O=C(NCCC#Cc1cc(F)c(C(=O)O)cc1F)OCc1ccccc1. The Kier molecular flexibility index (Phi) is 6.68. The minimum Gasteiger partial charge on any atom is -0.478 e. The minimum atomic E-state index is -1.56. The molecule has 0 spiro atoms. The van der Waals surface area contributed by atoms with E-state index in [1.54, 1.807) is 0 Å². The maximum Gasteiger partial charge on any atom is 0.407 e. The van der Waals surface area contributed by atoms with Crippen LogP contribution in [-0.2, 0) is 11.3 Å². The van der Waals surface area contributed by atoms with Crippen LogP contribution in [0.4, 0.5) is 13.6 Å². The standard InChI is InChI=1S/C19H15F2NO4/c20-16-11-15(18(23)24)17(21)10-14(16)8-4-5-9-22-19(25)26-12-13-6-2-1-3-7-13/h1-3,6-7,10-11H,5,9,12H2,(H,22,25)(H,23,24). The van der Waals surface area contributed by atoms with Crippen molar-refractivity contribution in [3.63, 3.8) is 0 Å². The maximum atomic E-state index is 13.7. The van der Waals surface area contributed by atoms with Crippen molar-refractivity contribution in [1.29, 1.82) is 0 Å². The van der Waals surface area contributed by atoms with Crippen molar-refractivity contribution in [3.8, 4) is 11.8 Å². The Bertz CT molecular complexity index is 857. The predicted molar refractivity (Wildman–Crippen MR) is 89.4 cm³/mol. The zero-order valence-corrected chi connectivity index (χ0v) is 13.6. The lowest BCUT2D eigenvalue weighted by Crippen LogP contribution is -2.24. The van der Waals surface area contributed by atoms with Gasteiger partial charge in [0.05, 0.1) is 11.1 Å². The third-order valence-electron chi connectivity index (χ3n) is 3.24. The second kappa shape index (κ2) is 9.18. The number of carboxylic acid groups (broad SMARTS) is 1. The van der Waals surface area contributed by atoms with Crippen LogP contribution in [0.1, 0.15) is 27.9 Å². The van der Waals surface area contributed by atoms with E-state index < -0.39 is 29.3 Å². The summed E-state index contributed by atoms with van der Waals surface area (Å²) < 4.78 is 32.2. The molecule has 7 heteroatoms. The molecule has 0 saturated carbocycles. The van der Waals surface area contributed by atoms with Crippen LogP contribution >= 0.6 is 0 Å². The Labute approximate surface area is 148 Å². The van der Waals surface area contributed by atoms with E-state index in [9.17, 15) is 18.4 Å². The van der Waals surface area contributed by atoms with E-state index in [2.05, 4.69) is 17.2 Å². The van der Waals surface area contributed by atoms with Gasteiger partial charge in [-0.1, -0.05) is 42.2 Å². The summed E-state index contributed by atoms with van der Waals surface area (Å²) in [5, 5.41) is 11.2. The Morgan fingerprint density at radius 2 is 1.85 bits per heavy atom. The van der Waals surface area contributed by atoms with Crippen molar-refractivity contribution in [2.45, 2.75) is 13.0 Å². The first kappa shape index (κ1) is 18.9. The largest absolute Gasteiger partial charge is 0.478 e. The molecule has 2 rings (SSSR count). The smallest absolute Gasteiger partial charge is 0.407 e. The number of aromatic carboxylic acids is 1. The molecule has 0 fully saturated rings. The van der Waals surface area contributed by atoms with E-state index in [1.807, 2.05) is 30.3 Å². The van der Waals surface area contributed by atoms with Crippen molar-refractivity contribution in [2.75, 3.05) is 6.54 Å². The molecule has 2 N–H and O–H groups in total. The third-order valence-corrected chi connectivity index (χ3v) is 3.24. The molecule has 2 aromatic rings. The number of nitrogens with one attached hydrogen (secondary N) is 1. The highest BCUT2D eigenvalue weighted by molar-refractivity contribution is 5.88. The van der Waals surface area contributed by atoms with Gasteiger partial charge in [0.25, 0.3) is 0 Å².